The Bertz CT molecular complexity index is 1050. The minimum atomic E-state index is -0.980. The van der Waals surface area contributed by atoms with Crippen molar-refractivity contribution in [3.05, 3.63) is 59.2 Å². The lowest BCUT2D eigenvalue weighted by Crippen LogP contribution is -2.61. The molecule has 0 radical (unpaired) electrons. The van der Waals surface area contributed by atoms with Gasteiger partial charge in [-0.1, -0.05) is 29.3 Å². The Balaban J connectivity index is 1.42. The van der Waals surface area contributed by atoms with Crippen LogP contribution in [0.3, 0.4) is 0 Å². The zero-order valence-corrected chi connectivity index (χ0v) is 19.1. The molecule has 7 nitrogen and oxygen atoms in total. The summed E-state index contributed by atoms with van der Waals surface area (Å²) in [4.78, 5) is 44.4. The lowest BCUT2D eigenvalue weighted by atomic mass is 9.96. The Morgan fingerprint density at radius 1 is 0.969 bits per heavy atom. The maximum atomic E-state index is 13.3. The molecule has 2 aromatic rings. The van der Waals surface area contributed by atoms with E-state index in [1.54, 1.807) is 24.8 Å². The van der Waals surface area contributed by atoms with Gasteiger partial charge in [0.05, 0.1) is 17.9 Å². The van der Waals surface area contributed by atoms with Crippen LogP contribution in [0.25, 0.3) is 0 Å². The summed E-state index contributed by atoms with van der Waals surface area (Å²) in [6, 6.07) is 13.3. The predicted molar refractivity (Wildman–Crippen MR) is 125 cm³/mol. The van der Waals surface area contributed by atoms with Crippen molar-refractivity contribution in [1.29, 1.82) is 0 Å². The number of amides is 3. The fraction of sp³-hybridized carbons (Fsp3) is 0.400. The van der Waals surface area contributed by atoms with Gasteiger partial charge in [0.15, 0.2) is 0 Å². The van der Waals surface area contributed by atoms with E-state index in [1.807, 2.05) is 49.1 Å². The third-order valence-electron chi connectivity index (χ3n) is 6.24. The van der Waals surface area contributed by atoms with E-state index in [4.69, 9.17) is 0 Å². The first kappa shape index (κ1) is 22.0. The number of rotatable bonds is 3. The quantitative estimate of drug-likeness (QED) is 0.806. The standard InChI is InChI=1S/C25H30N4O3/c1-17-13-18(2)15-19(14-17)23(31)28-11-9-27(10-12-28)16-22(30)29-21-8-6-5-7-20(21)26-24(32)25(29,3)4/h5-8,13-15H,9-12,16H2,1-4H3,(H,26,32). The van der Waals surface area contributed by atoms with Crippen molar-refractivity contribution in [1.82, 2.24) is 9.80 Å². The number of piperazine rings is 1. The molecule has 3 amide bonds. The molecule has 0 saturated carbocycles. The number of aryl methyl sites for hydroxylation is 2. The Morgan fingerprint density at radius 2 is 1.59 bits per heavy atom. The van der Waals surface area contributed by atoms with Crippen LogP contribution >= 0.6 is 0 Å². The molecule has 0 spiro atoms. The molecule has 0 unspecified atom stereocenters. The molecule has 1 saturated heterocycles. The van der Waals surface area contributed by atoms with Gasteiger partial charge in [-0.05, 0) is 52.0 Å². The maximum Gasteiger partial charge on any atom is 0.253 e. The maximum absolute atomic E-state index is 13.3. The topological polar surface area (TPSA) is 73.0 Å². The second-order valence-electron chi connectivity index (χ2n) is 9.20. The summed E-state index contributed by atoms with van der Waals surface area (Å²) in [5.74, 6) is -0.287. The monoisotopic (exact) mass is 434 g/mol. The van der Waals surface area contributed by atoms with Crippen LogP contribution in [0.15, 0.2) is 42.5 Å². The number of nitrogens with one attached hydrogen (secondary N) is 1. The van der Waals surface area contributed by atoms with E-state index in [0.717, 1.165) is 11.1 Å². The van der Waals surface area contributed by atoms with E-state index in [1.165, 1.54) is 0 Å². The molecule has 0 bridgehead atoms. The first-order valence-electron chi connectivity index (χ1n) is 11.0. The fourth-order valence-corrected chi connectivity index (χ4v) is 4.55. The predicted octanol–water partition coefficient (Wildman–Crippen LogP) is 2.83. The van der Waals surface area contributed by atoms with Gasteiger partial charge in [0.25, 0.3) is 5.91 Å². The van der Waals surface area contributed by atoms with E-state index in [2.05, 4.69) is 16.3 Å². The highest BCUT2D eigenvalue weighted by Gasteiger charge is 2.43. The minimum absolute atomic E-state index is 0.0329. The molecule has 0 aliphatic carbocycles. The summed E-state index contributed by atoms with van der Waals surface area (Å²) in [5.41, 5.74) is 3.24. The van der Waals surface area contributed by atoms with Gasteiger partial charge in [0.1, 0.15) is 5.54 Å². The van der Waals surface area contributed by atoms with Gasteiger partial charge in [-0.3, -0.25) is 24.2 Å². The minimum Gasteiger partial charge on any atom is -0.336 e. The van der Waals surface area contributed by atoms with Crippen LogP contribution in [-0.2, 0) is 9.59 Å². The number of fused-ring (bicyclic) bond motifs is 1. The number of hydrogen-bond donors (Lipinski definition) is 1. The Kier molecular flexibility index (Phi) is 5.77. The zero-order valence-electron chi connectivity index (χ0n) is 19.1. The van der Waals surface area contributed by atoms with Crippen LogP contribution in [0.1, 0.15) is 35.3 Å². The molecular weight excluding hydrogens is 404 g/mol. The van der Waals surface area contributed by atoms with Gasteiger partial charge in [-0.2, -0.15) is 0 Å². The average Bonchev–Trinajstić information content (AvgIpc) is 2.73. The summed E-state index contributed by atoms with van der Waals surface area (Å²) < 4.78 is 0. The molecule has 2 heterocycles. The van der Waals surface area contributed by atoms with Crippen molar-refractivity contribution in [2.45, 2.75) is 33.2 Å². The summed E-state index contributed by atoms with van der Waals surface area (Å²) in [6.07, 6.45) is 0. The lowest BCUT2D eigenvalue weighted by Gasteiger charge is -2.43. The summed E-state index contributed by atoms with van der Waals surface area (Å²) in [6.45, 7) is 10.1. The van der Waals surface area contributed by atoms with Crippen molar-refractivity contribution >= 4 is 29.1 Å². The summed E-state index contributed by atoms with van der Waals surface area (Å²) >= 11 is 0. The van der Waals surface area contributed by atoms with E-state index in [9.17, 15) is 14.4 Å². The Hall–Kier alpha value is -3.19. The zero-order chi connectivity index (χ0) is 23.0. The van der Waals surface area contributed by atoms with Crippen LogP contribution in [0, 0.1) is 13.8 Å². The van der Waals surface area contributed by atoms with Crippen molar-refractivity contribution in [2.75, 3.05) is 42.9 Å². The van der Waals surface area contributed by atoms with E-state index < -0.39 is 5.54 Å². The van der Waals surface area contributed by atoms with Crippen molar-refractivity contribution < 1.29 is 14.4 Å². The van der Waals surface area contributed by atoms with Gasteiger partial charge in [-0.25, -0.2) is 0 Å². The molecule has 0 atom stereocenters. The van der Waals surface area contributed by atoms with Gasteiger partial charge in [-0.15, -0.1) is 0 Å². The third kappa shape index (κ3) is 4.12. The van der Waals surface area contributed by atoms with Gasteiger partial charge in [0.2, 0.25) is 11.8 Å². The number of anilines is 2. The molecule has 0 aromatic heterocycles. The van der Waals surface area contributed by atoms with E-state index in [0.29, 0.717) is 43.1 Å². The first-order chi connectivity index (χ1) is 15.2. The molecule has 1 N–H and O–H groups in total. The van der Waals surface area contributed by atoms with Crippen molar-refractivity contribution in [3.8, 4) is 0 Å². The number of carbonyl (C=O) groups excluding carboxylic acids is 3. The largest absolute Gasteiger partial charge is 0.336 e. The van der Waals surface area contributed by atoms with Crippen molar-refractivity contribution in [3.63, 3.8) is 0 Å². The summed E-state index contributed by atoms with van der Waals surface area (Å²) in [5, 5.41) is 2.89. The first-order valence-corrected chi connectivity index (χ1v) is 11.0. The van der Waals surface area contributed by atoms with Crippen molar-refractivity contribution in [2.24, 2.45) is 0 Å². The molecule has 168 valence electrons. The molecule has 7 heteroatoms. The molecule has 2 aliphatic heterocycles. The second-order valence-corrected chi connectivity index (χ2v) is 9.20. The van der Waals surface area contributed by atoms with Crippen LogP contribution in [0.5, 0.6) is 0 Å². The molecule has 2 aromatic carbocycles. The third-order valence-corrected chi connectivity index (χ3v) is 6.24. The smallest absolute Gasteiger partial charge is 0.253 e. The lowest BCUT2D eigenvalue weighted by molar-refractivity contribution is -0.127. The Labute approximate surface area is 189 Å². The highest BCUT2D eigenvalue weighted by atomic mass is 16.2. The van der Waals surface area contributed by atoms with Crippen LogP contribution in [-0.4, -0.2) is 65.8 Å². The van der Waals surface area contributed by atoms with E-state index in [-0.39, 0.29) is 24.3 Å². The Morgan fingerprint density at radius 3 is 2.25 bits per heavy atom. The highest BCUT2D eigenvalue weighted by molar-refractivity contribution is 6.14. The number of hydrogen-bond acceptors (Lipinski definition) is 4. The van der Waals surface area contributed by atoms with Crippen LogP contribution < -0.4 is 10.2 Å². The average molecular weight is 435 g/mol. The fourth-order valence-electron chi connectivity index (χ4n) is 4.55. The number of nitrogens with zero attached hydrogens (tertiary/aromatic N) is 3. The van der Waals surface area contributed by atoms with Gasteiger partial charge in [0, 0.05) is 31.7 Å². The number of carbonyl (C=O) groups is 3. The van der Waals surface area contributed by atoms with Gasteiger partial charge < -0.3 is 10.2 Å². The summed E-state index contributed by atoms with van der Waals surface area (Å²) in [7, 11) is 0. The molecular formula is C25H30N4O3. The molecule has 2 aliphatic rings. The SMILES string of the molecule is Cc1cc(C)cc(C(=O)N2CCN(CC(=O)N3c4ccccc4NC(=O)C3(C)C)CC2)c1. The number of benzene rings is 2. The molecule has 32 heavy (non-hydrogen) atoms. The van der Waals surface area contributed by atoms with Gasteiger partial charge >= 0.3 is 0 Å². The second kappa shape index (κ2) is 8.39. The highest BCUT2D eigenvalue weighted by Crippen LogP contribution is 2.36. The van der Waals surface area contributed by atoms with E-state index >= 15 is 0 Å². The van der Waals surface area contributed by atoms with Crippen LogP contribution in [0.2, 0.25) is 0 Å². The molecule has 4 rings (SSSR count). The normalized spacial score (nSPS) is 18.2. The number of para-hydroxylation sites is 2. The molecule has 1 fully saturated rings. The van der Waals surface area contributed by atoms with Crippen LogP contribution in [0.4, 0.5) is 11.4 Å².